The highest BCUT2D eigenvalue weighted by molar-refractivity contribution is 6.21. The number of furan rings is 1. The number of anilines is 3. The van der Waals surface area contributed by atoms with E-state index in [0.29, 0.717) is 0 Å². The van der Waals surface area contributed by atoms with E-state index in [-0.39, 0.29) is 0 Å². The van der Waals surface area contributed by atoms with Gasteiger partial charge in [0.05, 0.1) is 5.69 Å². The zero-order chi connectivity index (χ0) is 29.0. The van der Waals surface area contributed by atoms with Crippen molar-refractivity contribution in [1.29, 1.82) is 0 Å². The van der Waals surface area contributed by atoms with Crippen molar-refractivity contribution in [1.82, 2.24) is 0 Å². The van der Waals surface area contributed by atoms with Gasteiger partial charge in [-0.1, -0.05) is 115 Å². The number of benzene rings is 8. The lowest BCUT2D eigenvalue weighted by atomic mass is 9.99. The predicted molar refractivity (Wildman–Crippen MR) is 186 cm³/mol. The van der Waals surface area contributed by atoms with Gasteiger partial charge in [0.25, 0.3) is 0 Å². The summed E-state index contributed by atoms with van der Waals surface area (Å²) in [5.74, 6) is 0. The molecule has 9 aromatic rings. The molecule has 0 radical (unpaired) electrons. The highest BCUT2D eigenvalue weighted by Crippen LogP contribution is 2.44. The van der Waals surface area contributed by atoms with E-state index in [1.54, 1.807) is 0 Å². The van der Waals surface area contributed by atoms with Crippen LogP contribution in [0.15, 0.2) is 168 Å². The fourth-order valence-corrected chi connectivity index (χ4v) is 6.77. The molecule has 0 atom stereocenters. The van der Waals surface area contributed by atoms with Gasteiger partial charge >= 0.3 is 0 Å². The van der Waals surface area contributed by atoms with E-state index in [1.165, 1.54) is 43.4 Å². The van der Waals surface area contributed by atoms with Crippen LogP contribution >= 0.6 is 0 Å². The monoisotopic (exact) mass is 561 g/mol. The summed E-state index contributed by atoms with van der Waals surface area (Å²) in [5, 5.41) is 9.63. The lowest BCUT2D eigenvalue weighted by Gasteiger charge is -2.28. The summed E-state index contributed by atoms with van der Waals surface area (Å²) in [6.07, 6.45) is 0. The third-order valence-corrected chi connectivity index (χ3v) is 8.82. The molecule has 8 aromatic carbocycles. The summed E-state index contributed by atoms with van der Waals surface area (Å²) in [7, 11) is 0. The Kier molecular flexibility index (Phi) is 5.54. The molecule has 2 nitrogen and oxygen atoms in total. The molecule has 0 spiro atoms. The van der Waals surface area contributed by atoms with Crippen molar-refractivity contribution in [2.45, 2.75) is 0 Å². The summed E-state index contributed by atoms with van der Waals surface area (Å²) >= 11 is 0. The van der Waals surface area contributed by atoms with Crippen molar-refractivity contribution in [2.75, 3.05) is 4.90 Å². The van der Waals surface area contributed by atoms with Crippen molar-refractivity contribution in [3.8, 4) is 11.1 Å². The van der Waals surface area contributed by atoms with Gasteiger partial charge in [-0.3, -0.25) is 0 Å². The predicted octanol–water partition coefficient (Wildman–Crippen LogP) is 12.2. The van der Waals surface area contributed by atoms with Crippen molar-refractivity contribution in [3.63, 3.8) is 0 Å². The second kappa shape index (κ2) is 9.86. The van der Waals surface area contributed by atoms with Crippen molar-refractivity contribution in [2.24, 2.45) is 0 Å². The SMILES string of the molecule is c1ccc(-c2cccc(N(c3ccc4ccc5ccccc5c4c3)c3cccc4c3ccc3oc5ccccc5c34)c2)cc1. The highest BCUT2D eigenvalue weighted by Gasteiger charge is 2.19. The Bertz CT molecular complexity index is 2510. The van der Waals surface area contributed by atoms with Crippen LogP contribution in [0.4, 0.5) is 17.1 Å². The molecule has 2 heteroatoms. The summed E-state index contributed by atoms with van der Waals surface area (Å²) in [6, 6.07) is 58.6. The van der Waals surface area contributed by atoms with Crippen LogP contribution in [0.3, 0.4) is 0 Å². The summed E-state index contributed by atoms with van der Waals surface area (Å²) in [4.78, 5) is 2.41. The molecular weight excluding hydrogens is 534 g/mol. The van der Waals surface area contributed by atoms with Crippen LogP contribution in [0.5, 0.6) is 0 Å². The van der Waals surface area contributed by atoms with Crippen LogP contribution in [-0.2, 0) is 0 Å². The van der Waals surface area contributed by atoms with Gasteiger partial charge in [-0.25, -0.2) is 0 Å². The Hall–Kier alpha value is -5.86. The molecule has 44 heavy (non-hydrogen) atoms. The fourth-order valence-electron chi connectivity index (χ4n) is 6.77. The van der Waals surface area contributed by atoms with Gasteiger partial charge in [-0.05, 0) is 86.6 Å². The minimum atomic E-state index is 0.908. The van der Waals surface area contributed by atoms with Crippen LogP contribution in [0.1, 0.15) is 0 Å². The smallest absolute Gasteiger partial charge is 0.136 e. The summed E-state index contributed by atoms with van der Waals surface area (Å²) in [6.45, 7) is 0. The topological polar surface area (TPSA) is 16.4 Å². The number of rotatable bonds is 4. The van der Waals surface area contributed by atoms with E-state index in [0.717, 1.165) is 39.0 Å². The molecule has 1 heterocycles. The lowest BCUT2D eigenvalue weighted by Crippen LogP contribution is -2.10. The molecule has 0 saturated carbocycles. The Balaban J connectivity index is 1.34. The molecule has 0 amide bonds. The van der Waals surface area contributed by atoms with Crippen LogP contribution < -0.4 is 4.90 Å². The molecule has 0 aliphatic rings. The first-order valence-corrected chi connectivity index (χ1v) is 15.0. The maximum atomic E-state index is 6.27. The second-order valence-corrected chi connectivity index (χ2v) is 11.4. The first-order chi connectivity index (χ1) is 21.8. The first-order valence-electron chi connectivity index (χ1n) is 15.0. The average Bonchev–Trinajstić information content (AvgIpc) is 3.48. The van der Waals surface area contributed by atoms with E-state index in [9.17, 15) is 0 Å². The molecule has 206 valence electrons. The van der Waals surface area contributed by atoms with E-state index in [1.807, 2.05) is 12.1 Å². The first kappa shape index (κ1) is 24.7. The number of para-hydroxylation sites is 1. The van der Waals surface area contributed by atoms with Crippen LogP contribution in [0.25, 0.3) is 65.4 Å². The van der Waals surface area contributed by atoms with E-state index in [4.69, 9.17) is 4.42 Å². The normalized spacial score (nSPS) is 11.6. The van der Waals surface area contributed by atoms with Crippen LogP contribution in [-0.4, -0.2) is 0 Å². The van der Waals surface area contributed by atoms with Gasteiger partial charge in [-0.2, -0.15) is 0 Å². The number of fused-ring (bicyclic) bond motifs is 8. The molecule has 0 unspecified atom stereocenters. The lowest BCUT2D eigenvalue weighted by molar-refractivity contribution is 0.669. The maximum absolute atomic E-state index is 6.27. The van der Waals surface area contributed by atoms with E-state index >= 15 is 0 Å². The zero-order valence-corrected chi connectivity index (χ0v) is 23.9. The summed E-state index contributed by atoms with van der Waals surface area (Å²) in [5.41, 5.74) is 7.55. The molecule has 0 aliphatic carbocycles. The Morgan fingerprint density at radius 3 is 1.95 bits per heavy atom. The van der Waals surface area contributed by atoms with Gasteiger partial charge in [0.2, 0.25) is 0 Å². The van der Waals surface area contributed by atoms with Gasteiger partial charge in [0.1, 0.15) is 11.2 Å². The number of hydrogen-bond acceptors (Lipinski definition) is 2. The molecule has 0 N–H and O–H groups in total. The van der Waals surface area contributed by atoms with Crippen molar-refractivity contribution in [3.05, 3.63) is 164 Å². The number of nitrogens with zero attached hydrogens (tertiary/aromatic N) is 1. The molecule has 0 aliphatic heterocycles. The van der Waals surface area contributed by atoms with Gasteiger partial charge in [-0.15, -0.1) is 0 Å². The molecule has 0 fully saturated rings. The van der Waals surface area contributed by atoms with E-state index < -0.39 is 0 Å². The minimum Gasteiger partial charge on any atom is -0.456 e. The quantitative estimate of drug-likeness (QED) is 0.199. The molecule has 9 rings (SSSR count). The Morgan fingerprint density at radius 1 is 0.364 bits per heavy atom. The molecule has 0 saturated heterocycles. The highest BCUT2D eigenvalue weighted by atomic mass is 16.3. The average molecular weight is 562 g/mol. The maximum Gasteiger partial charge on any atom is 0.136 e. The fraction of sp³-hybridized carbons (Fsp3) is 0. The number of hydrogen-bond donors (Lipinski definition) is 0. The van der Waals surface area contributed by atoms with Crippen LogP contribution in [0.2, 0.25) is 0 Å². The third kappa shape index (κ3) is 3.89. The van der Waals surface area contributed by atoms with E-state index in [2.05, 4.69) is 157 Å². The molecule has 0 bridgehead atoms. The zero-order valence-electron chi connectivity index (χ0n) is 23.9. The second-order valence-electron chi connectivity index (χ2n) is 11.4. The molecular formula is C42H27NO. The van der Waals surface area contributed by atoms with Crippen molar-refractivity contribution < 1.29 is 4.42 Å². The minimum absolute atomic E-state index is 0.908. The van der Waals surface area contributed by atoms with Crippen LogP contribution in [0, 0.1) is 0 Å². The third-order valence-electron chi connectivity index (χ3n) is 8.82. The van der Waals surface area contributed by atoms with Gasteiger partial charge in [0, 0.05) is 27.5 Å². The standard InChI is InChI=1S/C42H27NO/c1-2-10-28(11-3-1)31-13-8-14-32(26-31)43(33-23-22-30-21-20-29-12-4-5-15-34(29)38(30)27-33)39-18-9-17-36-35(39)24-25-41-42(36)37-16-6-7-19-40(37)44-41/h1-27H. The Morgan fingerprint density at radius 2 is 1.05 bits per heavy atom. The van der Waals surface area contributed by atoms with Crippen molar-refractivity contribution >= 4 is 71.3 Å². The summed E-state index contributed by atoms with van der Waals surface area (Å²) < 4.78 is 6.27. The largest absolute Gasteiger partial charge is 0.456 e. The Labute approximate surface area is 255 Å². The van der Waals surface area contributed by atoms with Gasteiger partial charge in [0.15, 0.2) is 0 Å². The molecule has 1 aromatic heterocycles. The van der Waals surface area contributed by atoms with Gasteiger partial charge < -0.3 is 9.32 Å².